The van der Waals surface area contributed by atoms with Gasteiger partial charge in [-0.05, 0) is 19.9 Å². The van der Waals surface area contributed by atoms with Gasteiger partial charge < -0.3 is 5.32 Å². The van der Waals surface area contributed by atoms with E-state index in [-0.39, 0.29) is 10.8 Å². The zero-order valence-corrected chi connectivity index (χ0v) is 15.6. The highest BCUT2D eigenvalue weighted by atomic mass is 32.1. The predicted octanol–water partition coefficient (Wildman–Crippen LogP) is 4.13. The molecule has 0 radical (unpaired) electrons. The van der Waals surface area contributed by atoms with Crippen LogP contribution < -0.4 is 10.6 Å². The van der Waals surface area contributed by atoms with Crippen LogP contribution in [0.25, 0.3) is 21.8 Å². The molecule has 11 heteroatoms. The zero-order chi connectivity index (χ0) is 20.3. The molecule has 0 saturated carbocycles. The van der Waals surface area contributed by atoms with Crippen molar-refractivity contribution in [3.8, 4) is 21.8 Å². The van der Waals surface area contributed by atoms with Crippen LogP contribution in [0.5, 0.6) is 0 Å². The van der Waals surface area contributed by atoms with Crippen LogP contribution >= 0.6 is 11.3 Å². The molecule has 28 heavy (non-hydrogen) atoms. The van der Waals surface area contributed by atoms with Crippen LogP contribution in [0.15, 0.2) is 30.0 Å². The molecule has 0 aliphatic rings. The van der Waals surface area contributed by atoms with E-state index in [0.29, 0.717) is 29.1 Å². The summed E-state index contributed by atoms with van der Waals surface area (Å²) in [6.07, 6.45) is -0.0768. The number of halogens is 3. The van der Waals surface area contributed by atoms with E-state index in [1.54, 1.807) is 20.0 Å². The molecule has 3 rings (SSSR count). The van der Waals surface area contributed by atoms with Gasteiger partial charge in [-0.15, -0.1) is 11.3 Å². The standard InChI is InChI=1S/C17H15F3N6OS/c1-3-21-16(27)26-14-4-10(15-25-13(8-28-15)17(18,19)20)11(6-24-14)12-7-22-9(2)5-23-12/h4-8H,3H2,1-2H3,(H2,21,24,26,27). The van der Waals surface area contributed by atoms with Crippen LogP contribution in [0, 0.1) is 6.92 Å². The van der Waals surface area contributed by atoms with E-state index in [2.05, 4.69) is 30.6 Å². The smallest absolute Gasteiger partial charge is 0.338 e. The summed E-state index contributed by atoms with van der Waals surface area (Å²) >= 11 is 0.844. The highest BCUT2D eigenvalue weighted by molar-refractivity contribution is 7.13. The number of anilines is 1. The minimum absolute atomic E-state index is 0.131. The first-order valence-corrected chi connectivity index (χ1v) is 9.03. The van der Waals surface area contributed by atoms with Gasteiger partial charge in [-0.3, -0.25) is 15.3 Å². The van der Waals surface area contributed by atoms with Gasteiger partial charge in [0.15, 0.2) is 5.69 Å². The third kappa shape index (κ3) is 4.42. The predicted molar refractivity (Wildman–Crippen MR) is 98.8 cm³/mol. The lowest BCUT2D eigenvalue weighted by molar-refractivity contribution is -0.140. The lowest BCUT2D eigenvalue weighted by Crippen LogP contribution is -2.28. The number of hydrogen-bond donors (Lipinski definition) is 2. The Labute approximate surface area is 162 Å². The van der Waals surface area contributed by atoms with Crippen molar-refractivity contribution in [1.29, 1.82) is 0 Å². The van der Waals surface area contributed by atoms with E-state index >= 15 is 0 Å². The molecule has 0 aromatic carbocycles. The van der Waals surface area contributed by atoms with E-state index < -0.39 is 17.9 Å². The number of carbonyl (C=O) groups excluding carboxylic acids is 1. The van der Waals surface area contributed by atoms with Crippen LogP contribution in [0.4, 0.5) is 23.8 Å². The van der Waals surface area contributed by atoms with Crippen LogP contribution in [-0.4, -0.2) is 32.5 Å². The number of nitrogens with zero attached hydrogens (tertiary/aromatic N) is 4. The van der Waals surface area contributed by atoms with Crippen molar-refractivity contribution < 1.29 is 18.0 Å². The second-order valence-corrected chi connectivity index (χ2v) is 6.54. The average molecular weight is 408 g/mol. The molecule has 0 saturated heterocycles. The average Bonchev–Trinajstić information content (AvgIpc) is 3.13. The third-order valence-corrected chi connectivity index (χ3v) is 4.44. The molecular formula is C17H15F3N6OS. The van der Waals surface area contributed by atoms with E-state index in [9.17, 15) is 18.0 Å². The Morgan fingerprint density at radius 3 is 2.54 bits per heavy atom. The van der Waals surface area contributed by atoms with Gasteiger partial charge in [-0.1, -0.05) is 0 Å². The number of amides is 2. The fourth-order valence-corrected chi connectivity index (χ4v) is 3.14. The second kappa shape index (κ2) is 7.89. The van der Waals surface area contributed by atoms with Crippen LogP contribution in [-0.2, 0) is 6.18 Å². The fraction of sp³-hybridized carbons (Fsp3) is 0.235. The number of alkyl halides is 3. The molecule has 2 amide bonds. The van der Waals surface area contributed by atoms with Gasteiger partial charge in [0.1, 0.15) is 10.8 Å². The maximum absolute atomic E-state index is 13.0. The van der Waals surface area contributed by atoms with Crippen LogP contribution in [0.2, 0.25) is 0 Å². The first-order chi connectivity index (χ1) is 13.3. The minimum Gasteiger partial charge on any atom is -0.338 e. The molecule has 0 unspecified atom stereocenters. The Morgan fingerprint density at radius 2 is 1.93 bits per heavy atom. The van der Waals surface area contributed by atoms with Gasteiger partial charge in [-0.25, -0.2) is 14.8 Å². The van der Waals surface area contributed by atoms with E-state index in [1.807, 2.05) is 0 Å². The van der Waals surface area contributed by atoms with Crippen LogP contribution in [0.1, 0.15) is 18.3 Å². The van der Waals surface area contributed by atoms with Crippen molar-refractivity contribution in [3.05, 3.63) is 41.4 Å². The van der Waals surface area contributed by atoms with Gasteiger partial charge in [0.2, 0.25) is 0 Å². The van der Waals surface area contributed by atoms with Gasteiger partial charge in [0, 0.05) is 35.4 Å². The number of thiazole rings is 1. The number of hydrogen-bond acceptors (Lipinski definition) is 6. The molecule has 0 spiro atoms. The van der Waals surface area contributed by atoms with Gasteiger partial charge >= 0.3 is 12.2 Å². The Kier molecular flexibility index (Phi) is 5.54. The molecule has 3 aromatic heterocycles. The van der Waals surface area contributed by atoms with Gasteiger partial charge in [-0.2, -0.15) is 13.2 Å². The maximum Gasteiger partial charge on any atom is 0.434 e. The van der Waals surface area contributed by atoms with Crippen LogP contribution in [0.3, 0.4) is 0 Å². The zero-order valence-electron chi connectivity index (χ0n) is 14.8. The molecule has 146 valence electrons. The van der Waals surface area contributed by atoms with E-state index in [4.69, 9.17) is 0 Å². The highest BCUT2D eigenvalue weighted by Gasteiger charge is 2.34. The summed E-state index contributed by atoms with van der Waals surface area (Å²) < 4.78 is 38.9. The van der Waals surface area contributed by atoms with Crippen molar-refractivity contribution in [1.82, 2.24) is 25.3 Å². The monoisotopic (exact) mass is 408 g/mol. The maximum atomic E-state index is 13.0. The first kappa shape index (κ1) is 19.7. The molecule has 2 N–H and O–H groups in total. The number of aromatic nitrogens is 4. The number of carbonyl (C=O) groups is 1. The van der Waals surface area contributed by atoms with E-state index in [1.165, 1.54) is 18.5 Å². The minimum atomic E-state index is -4.55. The molecule has 7 nitrogen and oxygen atoms in total. The molecular weight excluding hydrogens is 393 g/mol. The summed E-state index contributed by atoms with van der Waals surface area (Å²) in [5, 5.41) is 6.16. The summed E-state index contributed by atoms with van der Waals surface area (Å²) in [7, 11) is 0. The number of urea groups is 1. The highest BCUT2D eigenvalue weighted by Crippen LogP contribution is 2.37. The second-order valence-electron chi connectivity index (χ2n) is 5.68. The Bertz CT molecular complexity index is 987. The lowest BCUT2D eigenvalue weighted by atomic mass is 10.1. The van der Waals surface area contributed by atoms with Gasteiger partial charge in [0.05, 0.1) is 17.6 Å². The molecule has 3 aromatic rings. The Morgan fingerprint density at radius 1 is 1.14 bits per heavy atom. The molecule has 0 fully saturated rings. The number of pyridine rings is 1. The van der Waals surface area contributed by atoms with Crippen molar-refractivity contribution in [2.24, 2.45) is 0 Å². The molecule has 0 aliphatic carbocycles. The Balaban J connectivity index is 2.08. The quantitative estimate of drug-likeness (QED) is 0.677. The third-order valence-electron chi connectivity index (χ3n) is 3.56. The summed E-state index contributed by atoms with van der Waals surface area (Å²) in [6, 6.07) is 0.990. The normalized spacial score (nSPS) is 11.3. The molecule has 0 aliphatic heterocycles. The number of nitrogens with one attached hydrogen (secondary N) is 2. The number of aryl methyl sites for hydroxylation is 1. The first-order valence-electron chi connectivity index (χ1n) is 8.15. The van der Waals surface area contributed by atoms with Crippen molar-refractivity contribution in [3.63, 3.8) is 0 Å². The van der Waals surface area contributed by atoms with E-state index in [0.717, 1.165) is 16.7 Å². The summed E-state index contributed by atoms with van der Waals surface area (Å²) in [4.78, 5) is 28.0. The van der Waals surface area contributed by atoms with Crippen molar-refractivity contribution >= 4 is 23.2 Å². The fourth-order valence-electron chi connectivity index (χ4n) is 2.29. The summed E-state index contributed by atoms with van der Waals surface area (Å²) in [5.41, 5.74) is 0.962. The summed E-state index contributed by atoms with van der Waals surface area (Å²) in [6.45, 7) is 3.94. The molecule has 0 bridgehead atoms. The number of rotatable bonds is 4. The lowest BCUT2D eigenvalue weighted by Gasteiger charge is -2.10. The molecule has 3 heterocycles. The summed E-state index contributed by atoms with van der Waals surface area (Å²) in [5.74, 6) is 0.175. The van der Waals surface area contributed by atoms with Crippen molar-refractivity contribution in [2.75, 3.05) is 11.9 Å². The van der Waals surface area contributed by atoms with Crippen molar-refractivity contribution in [2.45, 2.75) is 20.0 Å². The SMILES string of the molecule is CCNC(=O)Nc1cc(-c2nc(C(F)(F)F)cs2)c(-c2cnc(C)cn2)cn1. The topological polar surface area (TPSA) is 92.7 Å². The molecule has 0 atom stereocenters. The largest absolute Gasteiger partial charge is 0.434 e. The Hall–Kier alpha value is -3.08. The van der Waals surface area contributed by atoms with Gasteiger partial charge in [0.25, 0.3) is 0 Å².